The average Bonchev–Trinajstić information content (AvgIpc) is 2.60. The molecule has 5 nitrogen and oxygen atoms in total. The van der Waals surface area contributed by atoms with Gasteiger partial charge in [0.05, 0.1) is 15.5 Å². The Morgan fingerprint density at radius 2 is 1.88 bits per heavy atom. The summed E-state index contributed by atoms with van der Waals surface area (Å²) >= 11 is 6.01. The van der Waals surface area contributed by atoms with Gasteiger partial charge in [-0.1, -0.05) is 29.8 Å². The van der Waals surface area contributed by atoms with E-state index in [1.807, 2.05) is 0 Å². The molecule has 0 heterocycles. The average molecular weight is 400 g/mol. The van der Waals surface area contributed by atoms with Crippen molar-refractivity contribution in [3.05, 3.63) is 64.4 Å². The lowest BCUT2D eigenvalue weighted by Crippen LogP contribution is -2.33. The van der Waals surface area contributed by atoms with E-state index in [4.69, 9.17) is 16.3 Å². The standard InChI is InChI=1S/C18H19ClFNO4S/c1-12(2)21(3)26(23,24)14-8-9-16(19)15(10-14)18(22)25-11-13-6-4-5-7-17(13)20/h4-10,12H,11H2,1-3H3. The number of esters is 1. The monoisotopic (exact) mass is 399 g/mol. The molecule has 0 atom stereocenters. The summed E-state index contributed by atoms with van der Waals surface area (Å²) in [6.45, 7) is 3.18. The number of sulfonamides is 1. The first kappa shape index (κ1) is 20.4. The largest absolute Gasteiger partial charge is 0.457 e. The van der Waals surface area contributed by atoms with Gasteiger partial charge < -0.3 is 4.74 Å². The van der Waals surface area contributed by atoms with Crippen LogP contribution in [0.25, 0.3) is 0 Å². The highest BCUT2D eigenvalue weighted by Gasteiger charge is 2.25. The van der Waals surface area contributed by atoms with Crippen molar-refractivity contribution in [3.8, 4) is 0 Å². The van der Waals surface area contributed by atoms with Crippen molar-refractivity contribution >= 4 is 27.6 Å². The van der Waals surface area contributed by atoms with Gasteiger partial charge in [-0.3, -0.25) is 0 Å². The quantitative estimate of drug-likeness (QED) is 0.692. The van der Waals surface area contributed by atoms with E-state index < -0.39 is 21.8 Å². The fraction of sp³-hybridized carbons (Fsp3) is 0.278. The number of rotatable bonds is 6. The number of carbonyl (C=O) groups is 1. The number of carbonyl (C=O) groups excluding carboxylic acids is 1. The van der Waals surface area contributed by atoms with Crippen LogP contribution in [-0.2, 0) is 21.4 Å². The van der Waals surface area contributed by atoms with E-state index in [1.165, 1.54) is 47.8 Å². The highest BCUT2D eigenvalue weighted by atomic mass is 35.5. The molecule has 0 saturated heterocycles. The van der Waals surface area contributed by atoms with Crippen LogP contribution in [0.15, 0.2) is 47.4 Å². The van der Waals surface area contributed by atoms with Gasteiger partial charge in [0.25, 0.3) is 0 Å². The van der Waals surface area contributed by atoms with E-state index in [9.17, 15) is 17.6 Å². The molecule has 2 aromatic carbocycles. The maximum absolute atomic E-state index is 13.6. The van der Waals surface area contributed by atoms with Gasteiger partial charge in [-0.25, -0.2) is 17.6 Å². The Labute approximate surface area is 157 Å². The summed E-state index contributed by atoms with van der Waals surface area (Å²) in [7, 11) is -2.33. The van der Waals surface area contributed by atoms with Gasteiger partial charge in [0, 0.05) is 18.7 Å². The molecule has 0 amide bonds. The van der Waals surface area contributed by atoms with E-state index in [0.717, 1.165) is 0 Å². The zero-order chi connectivity index (χ0) is 19.5. The number of nitrogens with zero attached hydrogens (tertiary/aromatic N) is 1. The highest BCUT2D eigenvalue weighted by Crippen LogP contribution is 2.24. The molecule has 26 heavy (non-hydrogen) atoms. The second-order valence-electron chi connectivity index (χ2n) is 5.92. The molecule has 0 saturated carbocycles. The van der Waals surface area contributed by atoms with Crippen LogP contribution >= 0.6 is 11.6 Å². The molecule has 0 aliphatic carbocycles. The van der Waals surface area contributed by atoms with Crippen molar-refractivity contribution < 1.29 is 22.3 Å². The van der Waals surface area contributed by atoms with Gasteiger partial charge in [-0.2, -0.15) is 4.31 Å². The van der Waals surface area contributed by atoms with Crippen LogP contribution in [0.2, 0.25) is 5.02 Å². The first-order valence-electron chi connectivity index (χ1n) is 7.82. The van der Waals surface area contributed by atoms with Crippen LogP contribution in [0.4, 0.5) is 4.39 Å². The molecule has 0 aromatic heterocycles. The van der Waals surface area contributed by atoms with Crippen LogP contribution in [-0.4, -0.2) is 31.8 Å². The summed E-state index contributed by atoms with van der Waals surface area (Å²) in [5.74, 6) is -1.33. The van der Waals surface area contributed by atoms with Crippen LogP contribution in [0.1, 0.15) is 29.8 Å². The molecule has 0 aliphatic heterocycles. The predicted octanol–water partition coefficient (Wildman–Crippen LogP) is 3.87. The van der Waals surface area contributed by atoms with Crippen molar-refractivity contribution in [1.82, 2.24) is 4.31 Å². The van der Waals surface area contributed by atoms with E-state index >= 15 is 0 Å². The molecule has 8 heteroatoms. The van der Waals surface area contributed by atoms with E-state index in [0.29, 0.717) is 0 Å². The van der Waals surface area contributed by atoms with Crippen molar-refractivity contribution in [2.45, 2.75) is 31.4 Å². The number of hydrogen-bond donors (Lipinski definition) is 0. The molecule has 0 bridgehead atoms. The Kier molecular flexibility index (Phi) is 6.39. The third-order valence-corrected chi connectivity index (χ3v) is 6.24. The molecule has 0 N–H and O–H groups in total. The van der Waals surface area contributed by atoms with E-state index in [1.54, 1.807) is 19.9 Å². The molecule has 140 valence electrons. The van der Waals surface area contributed by atoms with E-state index in [-0.39, 0.29) is 33.7 Å². The van der Waals surface area contributed by atoms with Gasteiger partial charge in [-0.05, 0) is 38.1 Å². The Balaban J connectivity index is 2.27. The minimum absolute atomic E-state index is 0.0506. The van der Waals surface area contributed by atoms with Crippen molar-refractivity contribution in [3.63, 3.8) is 0 Å². The SMILES string of the molecule is CC(C)N(C)S(=O)(=O)c1ccc(Cl)c(C(=O)OCc2ccccc2F)c1. The number of halogens is 2. The number of benzene rings is 2. The zero-order valence-corrected chi connectivity index (χ0v) is 16.1. The maximum Gasteiger partial charge on any atom is 0.340 e. The normalized spacial score (nSPS) is 11.8. The van der Waals surface area contributed by atoms with Crippen molar-refractivity contribution in [2.24, 2.45) is 0 Å². The van der Waals surface area contributed by atoms with Crippen molar-refractivity contribution in [2.75, 3.05) is 7.05 Å². The topological polar surface area (TPSA) is 63.7 Å². The van der Waals surface area contributed by atoms with Crippen LogP contribution in [0, 0.1) is 5.82 Å². The summed E-state index contributed by atoms with van der Waals surface area (Å²) in [6, 6.07) is 9.44. The molecule has 2 rings (SSSR count). The third-order valence-electron chi connectivity index (χ3n) is 3.88. The number of hydrogen-bond acceptors (Lipinski definition) is 4. The minimum Gasteiger partial charge on any atom is -0.457 e. The molecule has 0 fully saturated rings. The van der Waals surface area contributed by atoms with Crippen molar-refractivity contribution in [1.29, 1.82) is 0 Å². The fourth-order valence-corrected chi connectivity index (χ4v) is 3.69. The highest BCUT2D eigenvalue weighted by molar-refractivity contribution is 7.89. The molecule has 0 spiro atoms. The van der Waals surface area contributed by atoms with Gasteiger partial charge in [0.15, 0.2) is 0 Å². The maximum atomic E-state index is 13.6. The summed E-state index contributed by atoms with van der Waals surface area (Å²) < 4.78 is 45.0. The van der Waals surface area contributed by atoms with Gasteiger partial charge in [-0.15, -0.1) is 0 Å². The van der Waals surface area contributed by atoms with Crippen LogP contribution in [0.5, 0.6) is 0 Å². The summed E-state index contributed by atoms with van der Waals surface area (Å²) in [6.07, 6.45) is 0. The Bertz CT molecular complexity index is 915. The number of ether oxygens (including phenoxy) is 1. The molecule has 0 aliphatic rings. The fourth-order valence-electron chi connectivity index (χ4n) is 2.10. The minimum atomic E-state index is -3.78. The van der Waals surface area contributed by atoms with Gasteiger partial charge in [0.2, 0.25) is 10.0 Å². The summed E-state index contributed by atoms with van der Waals surface area (Å²) in [4.78, 5) is 12.2. The Morgan fingerprint density at radius 3 is 2.50 bits per heavy atom. The molecular weight excluding hydrogens is 381 g/mol. The first-order valence-corrected chi connectivity index (χ1v) is 9.64. The van der Waals surface area contributed by atoms with E-state index in [2.05, 4.69) is 0 Å². The lowest BCUT2D eigenvalue weighted by Gasteiger charge is -2.21. The second kappa shape index (κ2) is 8.16. The molecular formula is C18H19ClFNO4S. The summed E-state index contributed by atoms with van der Waals surface area (Å²) in [5.41, 5.74) is 0.113. The summed E-state index contributed by atoms with van der Waals surface area (Å²) in [5, 5.41) is 0.0506. The second-order valence-corrected chi connectivity index (χ2v) is 8.33. The first-order chi connectivity index (χ1) is 12.1. The van der Waals surface area contributed by atoms with Crippen LogP contribution in [0.3, 0.4) is 0 Å². The Hall–Kier alpha value is -1.96. The molecule has 2 aromatic rings. The van der Waals surface area contributed by atoms with Crippen LogP contribution < -0.4 is 0 Å². The smallest absolute Gasteiger partial charge is 0.340 e. The zero-order valence-electron chi connectivity index (χ0n) is 14.6. The molecule has 0 radical (unpaired) electrons. The lowest BCUT2D eigenvalue weighted by molar-refractivity contribution is 0.0469. The van der Waals surface area contributed by atoms with Gasteiger partial charge >= 0.3 is 5.97 Å². The predicted molar refractivity (Wildman–Crippen MR) is 97.1 cm³/mol. The third kappa shape index (κ3) is 4.41. The lowest BCUT2D eigenvalue weighted by atomic mass is 10.2. The Morgan fingerprint density at radius 1 is 1.23 bits per heavy atom. The molecule has 0 unspecified atom stereocenters. The van der Waals surface area contributed by atoms with Gasteiger partial charge in [0.1, 0.15) is 12.4 Å².